The number of aryl methyl sites for hydroxylation is 2. The van der Waals surface area contributed by atoms with Gasteiger partial charge in [0.05, 0.1) is 0 Å². The number of anilines is 1. The lowest BCUT2D eigenvalue weighted by Gasteiger charge is -2.41. The molecule has 174 valence electrons. The van der Waals surface area contributed by atoms with Crippen molar-refractivity contribution in [3.05, 3.63) is 58.8 Å². The summed E-state index contributed by atoms with van der Waals surface area (Å²) in [4.78, 5) is 46.3. The number of rotatable bonds is 4. The molecule has 2 N–H and O–H groups in total. The Hall–Kier alpha value is -3.42. The minimum atomic E-state index is -1.13. The normalized spacial score (nSPS) is 23.0. The van der Waals surface area contributed by atoms with Crippen molar-refractivity contribution in [1.29, 1.82) is 0 Å². The fraction of sp³-hybridized carbons (Fsp3) is 0.440. The highest BCUT2D eigenvalue weighted by molar-refractivity contribution is 6.07. The molecule has 0 saturated carbocycles. The molecule has 1 aromatic carbocycles. The summed E-state index contributed by atoms with van der Waals surface area (Å²) < 4.78 is 0. The van der Waals surface area contributed by atoms with Crippen LogP contribution in [0.15, 0.2) is 36.5 Å². The number of nitrogens with zero attached hydrogens (tertiary/aromatic N) is 3. The molecule has 2 aliphatic rings. The molecule has 3 heterocycles. The summed E-state index contributed by atoms with van der Waals surface area (Å²) in [6, 6.07) is 8.77. The van der Waals surface area contributed by atoms with Crippen LogP contribution in [0.4, 0.5) is 10.6 Å². The van der Waals surface area contributed by atoms with Crippen LogP contribution in [0, 0.1) is 19.8 Å². The van der Waals surface area contributed by atoms with Gasteiger partial charge in [-0.25, -0.2) is 9.78 Å². The molecule has 2 aliphatic heterocycles. The number of carbonyl (C=O) groups is 3. The van der Waals surface area contributed by atoms with Gasteiger partial charge in [-0.15, -0.1) is 0 Å². The van der Waals surface area contributed by atoms with Gasteiger partial charge in [-0.1, -0.05) is 32.0 Å². The lowest BCUT2D eigenvalue weighted by Crippen LogP contribution is -2.54. The number of benzene rings is 1. The van der Waals surface area contributed by atoms with Crippen molar-refractivity contribution in [2.24, 2.45) is 5.92 Å². The van der Waals surface area contributed by atoms with Gasteiger partial charge in [0.1, 0.15) is 11.4 Å². The number of nitrogens with one attached hydrogen (secondary N) is 2. The highest BCUT2D eigenvalue weighted by atomic mass is 16.2. The average Bonchev–Trinajstić information content (AvgIpc) is 3.08. The van der Waals surface area contributed by atoms with E-state index in [0.29, 0.717) is 30.8 Å². The fourth-order valence-electron chi connectivity index (χ4n) is 4.94. The third-order valence-electron chi connectivity index (χ3n) is 6.72. The Morgan fingerprint density at radius 1 is 1.15 bits per heavy atom. The smallest absolute Gasteiger partial charge is 0.322 e. The van der Waals surface area contributed by atoms with Crippen LogP contribution in [0.3, 0.4) is 0 Å². The van der Waals surface area contributed by atoms with Gasteiger partial charge in [0, 0.05) is 37.4 Å². The maximum atomic E-state index is 13.2. The van der Waals surface area contributed by atoms with Crippen LogP contribution < -0.4 is 15.5 Å². The topological polar surface area (TPSA) is 94.6 Å². The highest BCUT2D eigenvalue weighted by Crippen LogP contribution is 2.33. The first kappa shape index (κ1) is 22.8. The predicted octanol–water partition coefficient (Wildman–Crippen LogP) is 2.74. The summed E-state index contributed by atoms with van der Waals surface area (Å²) in [5, 5.41) is 5.10. The molecule has 0 spiro atoms. The number of imide groups is 1. The molecule has 33 heavy (non-hydrogen) atoms. The number of hydrogen-bond acceptors (Lipinski definition) is 5. The van der Waals surface area contributed by atoms with E-state index in [1.807, 2.05) is 31.9 Å². The van der Waals surface area contributed by atoms with E-state index < -0.39 is 11.6 Å². The minimum absolute atomic E-state index is 0.0415. The predicted molar refractivity (Wildman–Crippen MR) is 126 cm³/mol. The summed E-state index contributed by atoms with van der Waals surface area (Å²) in [6.07, 6.45) is 1.88. The van der Waals surface area contributed by atoms with Gasteiger partial charge in [-0.05, 0) is 55.5 Å². The number of pyridine rings is 1. The molecule has 2 unspecified atom stereocenters. The maximum Gasteiger partial charge on any atom is 0.322 e. The van der Waals surface area contributed by atoms with E-state index in [2.05, 4.69) is 40.4 Å². The van der Waals surface area contributed by atoms with Crippen molar-refractivity contribution in [3.8, 4) is 0 Å². The van der Waals surface area contributed by atoms with Crippen molar-refractivity contribution in [3.63, 3.8) is 0 Å². The van der Waals surface area contributed by atoms with Crippen LogP contribution in [0.1, 0.15) is 47.8 Å². The minimum Gasteiger partial charge on any atom is -0.350 e. The molecular weight excluding hydrogens is 418 g/mol. The van der Waals surface area contributed by atoms with Crippen LogP contribution in [-0.2, 0) is 10.3 Å². The molecule has 0 bridgehead atoms. The van der Waals surface area contributed by atoms with Gasteiger partial charge in [0.15, 0.2) is 0 Å². The van der Waals surface area contributed by atoms with Crippen LogP contribution in [0.5, 0.6) is 0 Å². The Balaban J connectivity index is 1.49. The Morgan fingerprint density at radius 3 is 2.39 bits per heavy atom. The number of urea groups is 1. The first-order valence-corrected chi connectivity index (χ1v) is 11.4. The molecule has 2 fully saturated rings. The molecule has 2 atom stereocenters. The Kier molecular flexibility index (Phi) is 5.86. The van der Waals surface area contributed by atoms with Crippen molar-refractivity contribution >= 4 is 23.7 Å². The zero-order valence-electron chi connectivity index (χ0n) is 19.8. The summed E-state index contributed by atoms with van der Waals surface area (Å²) in [6.45, 7) is 11.9. The third kappa shape index (κ3) is 3.94. The number of piperazine rings is 1. The second-order valence-corrected chi connectivity index (χ2v) is 9.40. The summed E-state index contributed by atoms with van der Waals surface area (Å²) >= 11 is 0. The zero-order chi connectivity index (χ0) is 23.9. The molecular formula is C25H31N5O3. The zero-order valence-corrected chi connectivity index (χ0v) is 19.8. The first-order valence-electron chi connectivity index (χ1n) is 11.4. The number of amides is 4. The fourth-order valence-corrected chi connectivity index (χ4v) is 4.94. The standard InChI is InChI=1S/C25H31N5O3/c1-15(2)25(23(32)27-24(33)28-25)20-8-6-19(7-9-20)22(31)29-10-11-30(18(5)14-29)21-17(4)12-16(3)13-26-21/h6-9,12-13,15,18H,10-11,14H2,1-5H3,(H2,27,28,32,33). The number of hydrogen-bond donors (Lipinski definition) is 2. The van der Waals surface area contributed by atoms with Crippen LogP contribution in [-0.4, -0.2) is 53.4 Å². The maximum absolute atomic E-state index is 13.2. The second-order valence-electron chi connectivity index (χ2n) is 9.40. The first-order chi connectivity index (χ1) is 15.6. The SMILES string of the molecule is Cc1cnc(N2CCN(C(=O)c3ccc(C4(C(C)C)NC(=O)NC4=O)cc3)CC2C)c(C)c1. The molecule has 1 aromatic heterocycles. The van der Waals surface area contributed by atoms with E-state index >= 15 is 0 Å². The molecule has 0 radical (unpaired) electrons. The van der Waals surface area contributed by atoms with Crippen molar-refractivity contribution < 1.29 is 14.4 Å². The van der Waals surface area contributed by atoms with Crippen LogP contribution in [0.25, 0.3) is 0 Å². The molecule has 0 aliphatic carbocycles. The van der Waals surface area contributed by atoms with Gasteiger partial charge in [0.25, 0.3) is 11.8 Å². The Labute approximate surface area is 194 Å². The van der Waals surface area contributed by atoms with Gasteiger partial charge >= 0.3 is 6.03 Å². The van der Waals surface area contributed by atoms with E-state index in [4.69, 9.17) is 0 Å². The van der Waals surface area contributed by atoms with Gasteiger partial charge in [-0.3, -0.25) is 14.9 Å². The van der Waals surface area contributed by atoms with Crippen molar-refractivity contribution in [2.75, 3.05) is 24.5 Å². The van der Waals surface area contributed by atoms with E-state index in [-0.39, 0.29) is 23.8 Å². The van der Waals surface area contributed by atoms with E-state index in [0.717, 1.165) is 16.9 Å². The monoisotopic (exact) mass is 449 g/mol. The highest BCUT2D eigenvalue weighted by Gasteiger charge is 2.50. The van der Waals surface area contributed by atoms with Crippen LogP contribution in [0.2, 0.25) is 0 Å². The molecule has 8 nitrogen and oxygen atoms in total. The third-order valence-corrected chi connectivity index (χ3v) is 6.72. The molecule has 4 rings (SSSR count). The largest absolute Gasteiger partial charge is 0.350 e. The quantitative estimate of drug-likeness (QED) is 0.700. The van der Waals surface area contributed by atoms with Crippen molar-refractivity contribution in [2.45, 2.75) is 46.2 Å². The molecule has 2 saturated heterocycles. The Bertz CT molecular complexity index is 1100. The average molecular weight is 450 g/mol. The van der Waals surface area contributed by atoms with Gasteiger partial charge in [-0.2, -0.15) is 0 Å². The van der Waals surface area contributed by atoms with E-state index in [1.165, 1.54) is 0 Å². The lowest BCUT2D eigenvalue weighted by atomic mass is 9.79. The summed E-state index contributed by atoms with van der Waals surface area (Å²) in [5.74, 6) is 0.408. The molecule has 2 aromatic rings. The van der Waals surface area contributed by atoms with E-state index in [1.54, 1.807) is 24.3 Å². The molecule has 4 amide bonds. The number of aromatic nitrogens is 1. The van der Waals surface area contributed by atoms with Gasteiger partial charge < -0.3 is 15.1 Å². The second kappa shape index (κ2) is 8.50. The number of carbonyl (C=O) groups excluding carboxylic acids is 3. The van der Waals surface area contributed by atoms with Gasteiger partial charge in [0.2, 0.25) is 0 Å². The molecule has 8 heteroatoms. The van der Waals surface area contributed by atoms with Crippen LogP contribution >= 0.6 is 0 Å². The Morgan fingerprint density at radius 2 is 1.85 bits per heavy atom. The lowest BCUT2D eigenvalue weighted by molar-refractivity contribution is -0.125. The van der Waals surface area contributed by atoms with E-state index in [9.17, 15) is 14.4 Å². The van der Waals surface area contributed by atoms with Crippen molar-refractivity contribution in [1.82, 2.24) is 20.5 Å². The summed E-state index contributed by atoms with van der Waals surface area (Å²) in [7, 11) is 0. The summed E-state index contributed by atoms with van der Waals surface area (Å²) in [5.41, 5.74) is 2.37.